The molecule has 0 aliphatic heterocycles. The first-order valence-corrected chi connectivity index (χ1v) is 8.78. The standard InChI is InChI=1S/C21H20N2O3/c1-13-5-2-3-8-19(13)26-12-20(24)22-14-9-10-16-15-6-4-7-17(15)21(25)23-18(16)11-14/h2-3,5,8-11H,4,6-7,12H2,1H3,(H,22,24)(H,23,25). The van der Waals surface area contributed by atoms with Crippen molar-refractivity contribution in [1.29, 1.82) is 0 Å². The molecule has 1 heterocycles. The number of fused-ring (bicyclic) bond motifs is 3. The van der Waals surface area contributed by atoms with Gasteiger partial charge in [-0.3, -0.25) is 9.59 Å². The van der Waals surface area contributed by atoms with E-state index >= 15 is 0 Å². The summed E-state index contributed by atoms with van der Waals surface area (Å²) in [5.41, 5.74) is 4.41. The van der Waals surface area contributed by atoms with Crippen LogP contribution in [0.5, 0.6) is 5.75 Å². The number of aromatic amines is 1. The Morgan fingerprint density at radius 2 is 1.96 bits per heavy atom. The molecule has 0 radical (unpaired) electrons. The molecule has 5 nitrogen and oxygen atoms in total. The number of benzene rings is 2. The van der Waals surface area contributed by atoms with E-state index in [-0.39, 0.29) is 18.1 Å². The number of carbonyl (C=O) groups excluding carboxylic acids is 1. The van der Waals surface area contributed by atoms with Crippen LogP contribution in [-0.4, -0.2) is 17.5 Å². The number of nitrogens with one attached hydrogen (secondary N) is 2. The number of aryl methyl sites for hydroxylation is 2. The van der Waals surface area contributed by atoms with Gasteiger partial charge in [0.1, 0.15) is 5.75 Å². The third-order valence-corrected chi connectivity index (χ3v) is 4.82. The van der Waals surface area contributed by atoms with Crippen molar-refractivity contribution in [3.8, 4) is 5.75 Å². The molecule has 0 spiro atoms. The van der Waals surface area contributed by atoms with Crippen LogP contribution in [0.2, 0.25) is 0 Å². The van der Waals surface area contributed by atoms with Gasteiger partial charge in [-0.2, -0.15) is 0 Å². The van der Waals surface area contributed by atoms with E-state index in [0.717, 1.165) is 46.9 Å². The van der Waals surface area contributed by atoms with Gasteiger partial charge in [0.05, 0.1) is 5.52 Å². The highest BCUT2D eigenvalue weighted by Crippen LogP contribution is 2.27. The van der Waals surface area contributed by atoms with Crippen LogP contribution < -0.4 is 15.6 Å². The number of pyridine rings is 1. The van der Waals surface area contributed by atoms with Gasteiger partial charge in [-0.25, -0.2) is 0 Å². The van der Waals surface area contributed by atoms with Crippen LogP contribution in [0.15, 0.2) is 47.3 Å². The second-order valence-corrected chi connectivity index (χ2v) is 6.63. The molecular weight excluding hydrogens is 328 g/mol. The van der Waals surface area contributed by atoms with Crippen molar-refractivity contribution in [1.82, 2.24) is 4.98 Å². The molecule has 4 rings (SSSR count). The fourth-order valence-corrected chi connectivity index (χ4v) is 3.54. The third kappa shape index (κ3) is 3.08. The number of carbonyl (C=O) groups is 1. The van der Waals surface area contributed by atoms with Crippen LogP contribution in [0.25, 0.3) is 10.9 Å². The van der Waals surface area contributed by atoms with Crippen molar-refractivity contribution in [2.24, 2.45) is 0 Å². The number of anilines is 1. The summed E-state index contributed by atoms with van der Waals surface area (Å²) in [6.07, 6.45) is 2.80. The Labute approximate surface area is 151 Å². The number of H-pyrrole nitrogens is 1. The predicted octanol–water partition coefficient (Wildman–Crippen LogP) is 3.34. The number of para-hydroxylation sites is 1. The van der Waals surface area contributed by atoms with E-state index in [1.807, 2.05) is 43.3 Å². The maximum atomic E-state index is 12.2. The van der Waals surface area contributed by atoms with E-state index < -0.39 is 0 Å². The van der Waals surface area contributed by atoms with Gasteiger partial charge in [-0.1, -0.05) is 24.3 Å². The molecule has 0 atom stereocenters. The van der Waals surface area contributed by atoms with Crippen LogP contribution in [0.4, 0.5) is 5.69 Å². The molecule has 132 valence electrons. The van der Waals surface area contributed by atoms with Gasteiger partial charge in [-0.15, -0.1) is 0 Å². The van der Waals surface area contributed by atoms with Gasteiger partial charge in [0, 0.05) is 16.6 Å². The fraction of sp³-hybridized carbons (Fsp3) is 0.238. The molecule has 2 aromatic carbocycles. The minimum absolute atomic E-state index is 0.0173. The van der Waals surface area contributed by atoms with Crippen molar-refractivity contribution in [2.75, 3.05) is 11.9 Å². The summed E-state index contributed by atoms with van der Waals surface area (Å²) in [5, 5.41) is 3.89. The molecular formula is C21H20N2O3. The van der Waals surface area contributed by atoms with Crippen LogP contribution in [0.1, 0.15) is 23.1 Å². The molecule has 0 saturated carbocycles. The average molecular weight is 348 g/mol. The zero-order valence-electron chi connectivity index (χ0n) is 14.6. The van der Waals surface area contributed by atoms with Crippen molar-refractivity contribution < 1.29 is 9.53 Å². The number of rotatable bonds is 4. The number of hydrogen-bond donors (Lipinski definition) is 2. The Bertz CT molecular complexity index is 1050. The van der Waals surface area contributed by atoms with E-state index in [1.165, 1.54) is 0 Å². The molecule has 0 bridgehead atoms. The smallest absolute Gasteiger partial charge is 0.262 e. The van der Waals surface area contributed by atoms with E-state index in [1.54, 1.807) is 6.07 Å². The summed E-state index contributed by atoms with van der Waals surface area (Å²) in [6.45, 7) is 1.87. The summed E-state index contributed by atoms with van der Waals surface area (Å²) in [6, 6.07) is 13.2. The molecule has 26 heavy (non-hydrogen) atoms. The minimum Gasteiger partial charge on any atom is -0.483 e. The maximum Gasteiger partial charge on any atom is 0.262 e. The lowest BCUT2D eigenvalue weighted by molar-refractivity contribution is -0.118. The zero-order valence-corrected chi connectivity index (χ0v) is 14.6. The second kappa shape index (κ2) is 6.67. The molecule has 0 saturated heterocycles. The van der Waals surface area contributed by atoms with Gasteiger partial charge in [0.2, 0.25) is 0 Å². The Balaban J connectivity index is 1.51. The van der Waals surface area contributed by atoms with Crippen molar-refractivity contribution in [2.45, 2.75) is 26.2 Å². The zero-order chi connectivity index (χ0) is 18.1. The largest absolute Gasteiger partial charge is 0.483 e. The second-order valence-electron chi connectivity index (χ2n) is 6.63. The molecule has 3 aromatic rings. The number of hydrogen-bond acceptors (Lipinski definition) is 3. The first-order chi connectivity index (χ1) is 12.6. The van der Waals surface area contributed by atoms with Gasteiger partial charge < -0.3 is 15.0 Å². The Morgan fingerprint density at radius 1 is 1.15 bits per heavy atom. The number of aromatic nitrogens is 1. The van der Waals surface area contributed by atoms with Gasteiger partial charge in [0.25, 0.3) is 11.5 Å². The molecule has 1 aromatic heterocycles. The van der Waals surface area contributed by atoms with Gasteiger partial charge in [-0.05, 0) is 55.5 Å². The fourth-order valence-electron chi connectivity index (χ4n) is 3.54. The molecule has 5 heteroatoms. The normalized spacial score (nSPS) is 12.8. The lowest BCUT2D eigenvalue weighted by Gasteiger charge is -2.11. The first kappa shape index (κ1) is 16.4. The summed E-state index contributed by atoms with van der Waals surface area (Å²) < 4.78 is 5.57. The van der Waals surface area contributed by atoms with Gasteiger partial charge >= 0.3 is 0 Å². The molecule has 2 N–H and O–H groups in total. The summed E-state index contributed by atoms with van der Waals surface area (Å²) >= 11 is 0. The maximum absolute atomic E-state index is 12.2. The number of ether oxygens (including phenoxy) is 1. The lowest BCUT2D eigenvalue weighted by atomic mass is 10.1. The van der Waals surface area contributed by atoms with Crippen LogP contribution in [0, 0.1) is 6.92 Å². The quantitative estimate of drug-likeness (QED) is 0.760. The van der Waals surface area contributed by atoms with Crippen molar-refractivity contribution >= 4 is 22.5 Å². The van der Waals surface area contributed by atoms with Crippen LogP contribution >= 0.6 is 0 Å². The van der Waals surface area contributed by atoms with E-state index in [9.17, 15) is 9.59 Å². The molecule has 0 fully saturated rings. The van der Waals surface area contributed by atoms with Crippen molar-refractivity contribution in [3.63, 3.8) is 0 Å². The predicted molar refractivity (Wildman–Crippen MR) is 102 cm³/mol. The van der Waals surface area contributed by atoms with Crippen LogP contribution in [-0.2, 0) is 17.6 Å². The average Bonchev–Trinajstić information content (AvgIpc) is 3.11. The summed E-state index contributed by atoms with van der Waals surface area (Å²) in [7, 11) is 0. The Morgan fingerprint density at radius 3 is 2.81 bits per heavy atom. The van der Waals surface area contributed by atoms with E-state index in [4.69, 9.17) is 4.74 Å². The Kier molecular flexibility index (Phi) is 4.21. The molecule has 0 unspecified atom stereocenters. The Hall–Kier alpha value is -3.08. The van der Waals surface area contributed by atoms with Crippen LogP contribution in [0.3, 0.4) is 0 Å². The molecule has 1 aliphatic carbocycles. The first-order valence-electron chi connectivity index (χ1n) is 8.78. The minimum atomic E-state index is -0.240. The highest BCUT2D eigenvalue weighted by Gasteiger charge is 2.18. The summed E-state index contributed by atoms with van der Waals surface area (Å²) in [4.78, 5) is 27.3. The molecule has 1 aliphatic rings. The summed E-state index contributed by atoms with van der Waals surface area (Å²) in [5.74, 6) is 0.456. The topological polar surface area (TPSA) is 71.2 Å². The van der Waals surface area contributed by atoms with E-state index in [0.29, 0.717) is 11.4 Å². The number of amides is 1. The third-order valence-electron chi connectivity index (χ3n) is 4.82. The molecule has 1 amide bonds. The highest BCUT2D eigenvalue weighted by molar-refractivity contribution is 5.95. The highest BCUT2D eigenvalue weighted by atomic mass is 16.5. The van der Waals surface area contributed by atoms with Crippen molar-refractivity contribution in [3.05, 3.63) is 69.5 Å². The lowest BCUT2D eigenvalue weighted by Crippen LogP contribution is -2.20. The van der Waals surface area contributed by atoms with Gasteiger partial charge in [0.15, 0.2) is 6.61 Å². The SMILES string of the molecule is Cc1ccccc1OCC(=O)Nc1ccc2c3c(c(=O)[nH]c2c1)CCC3. The monoisotopic (exact) mass is 348 g/mol. The van der Waals surface area contributed by atoms with E-state index in [2.05, 4.69) is 10.3 Å².